The van der Waals surface area contributed by atoms with Gasteiger partial charge in [0, 0.05) is 39.1 Å². The maximum Gasteiger partial charge on any atom is 0.222 e. The fourth-order valence-electron chi connectivity index (χ4n) is 3.84. The Morgan fingerprint density at radius 3 is 2.55 bits per heavy atom. The lowest BCUT2D eigenvalue weighted by atomic mass is 10.1. The van der Waals surface area contributed by atoms with E-state index in [1.807, 2.05) is 53.4 Å². The second-order valence-corrected chi connectivity index (χ2v) is 8.14. The van der Waals surface area contributed by atoms with Gasteiger partial charge in [-0.1, -0.05) is 50.1 Å². The molecule has 0 aromatic heterocycles. The number of carbonyl (C=O) groups is 1. The van der Waals surface area contributed by atoms with Gasteiger partial charge in [0.1, 0.15) is 11.5 Å². The average Bonchev–Trinajstić information content (AvgIpc) is 2.80. The molecule has 2 aromatic carbocycles. The van der Waals surface area contributed by atoms with Crippen LogP contribution in [0.15, 0.2) is 54.6 Å². The van der Waals surface area contributed by atoms with Gasteiger partial charge in [-0.3, -0.25) is 9.69 Å². The molecule has 0 bridgehead atoms. The van der Waals surface area contributed by atoms with Crippen molar-refractivity contribution in [3.05, 3.63) is 60.2 Å². The quantitative estimate of drug-likeness (QED) is 0.444. The summed E-state index contributed by atoms with van der Waals surface area (Å²) in [6.45, 7) is 8.20. The lowest BCUT2D eigenvalue weighted by Crippen LogP contribution is -2.39. The van der Waals surface area contributed by atoms with E-state index in [2.05, 4.69) is 17.9 Å². The Morgan fingerprint density at radius 2 is 1.77 bits per heavy atom. The van der Waals surface area contributed by atoms with Gasteiger partial charge in [0.2, 0.25) is 5.91 Å². The van der Waals surface area contributed by atoms with Crippen molar-refractivity contribution in [1.82, 2.24) is 9.80 Å². The molecule has 0 unspecified atom stereocenters. The van der Waals surface area contributed by atoms with Gasteiger partial charge in [-0.15, -0.1) is 0 Å². The number of hydrogen-bond donors (Lipinski definition) is 0. The third-order valence-electron chi connectivity index (χ3n) is 5.60. The van der Waals surface area contributed by atoms with E-state index in [1.54, 1.807) is 0 Å². The molecule has 1 aliphatic rings. The van der Waals surface area contributed by atoms with E-state index in [9.17, 15) is 4.79 Å². The number of amides is 1. The molecule has 1 heterocycles. The smallest absolute Gasteiger partial charge is 0.222 e. The first-order chi connectivity index (χ1) is 15.2. The van der Waals surface area contributed by atoms with Crippen molar-refractivity contribution in [3.8, 4) is 11.5 Å². The number of unbranched alkanes of at least 4 members (excludes halogenated alkanes) is 2. The fraction of sp³-hybridized carbons (Fsp3) is 0.500. The molecule has 0 saturated carbocycles. The Bertz CT molecular complexity index is 775. The zero-order chi connectivity index (χ0) is 21.7. The van der Waals surface area contributed by atoms with Crippen LogP contribution >= 0.6 is 0 Å². The van der Waals surface area contributed by atoms with E-state index in [4.69, 9.17) is 9.47 Å². The van der Waals surface area contributed by atoms with Gasteiger partial charge in [-0.2, -0.15) is 0 Å². The second kappa shape index (κ2) is 13.1. The maximum absolute atomic E-state index is 12.9. The number of benzene rings is 2. The molecular weight excluding hydrogens is 388 g/mol. The second-order valence-electron chi connectivity index (χ2n) is 8.14. The first kappa shape index (κ1) is 23.3. The number of hydrogen-bond acceptors (Lipinski definition) is 4. The van der Waals surface area contributed by atoms with E-state index in [0.717, 1.165) is 82.1 Å². The third-order valence-corrected chi connectivity index (χ3v) is 5.60. The summed E-state index contributed by atoms with van der Waals surface area (Å²) in [5.41, 5.74) is 1.10. The molecule has 2 aromatic rings. The van der Waals surface area contributed by atoms with Gasteiger partial charge in [-0.25, -0.2) is 0 Å². The zero-order valence-corrected chi connectivity index (χ0v) is 18.8. The van der Waals surface area contributed by atoms with Gasteiger partial charge in [-0.05, 0) is 42.7 Å². The van der Waals surface area contributed by atoms with E-state index in [-0.39, 0.29) is 5.91 Å². The Balaban J connectivity index is 1.59. The lowest BCUT2D eigenvalue weighted by Gasteiger charge is -2.28. The summed E-state index contributed by atoms with van der Waals surface area (Å²) in [5, 5.41) is 0. The maximum atomic E-state index is 12.9. The summed E-state index contributed by atoms with van der Waals surface area (Å²) in [4.78, 5) is 17.4. The number of carbonyl (C=O) groups excluding carboxylic acids is 1. The molecule has 5 heteroatoms. The molecule has 0 spiro atoms. The van der Waals surface area contributed by atoms with Crippen molar-refractivity contribution in [2.45, 2.75) is 45.6 Å². The van der Waals surface area contributed by atoms with Gasteiger partial charge >= 0.3 is 0 Å². The van der Waals surface area contributed by atoms with Crippen LogP contribution in [0, 0.1) is 0 Å². The molecule has 3 rings (SSSR count). The van der Waals surface area contributed by atoms with E-state index >= 15 is 0 Å². The largest absolute Gasteiger partial charge is 0.457 e. The minimum absolute atomic E-state index is 0.254. The normalized spacial score (nSPS) is 14.4. The SMILES string of the molecule is CCCCCC(=O)N(CCCN1CCOCC1)Cc1cccc(Oc2ccccc2)c1. The predicted octanol–water partition coefficient (Wildman–Crippen LogP) is 5.11. The highest BCUT2D eigenvalue weighted by molar-refractivity contribution is 5.76. The van der Waals surface area contributed by atoms with Crippen LogP contribution in [-0.4, -0.2) is 55.1 Å². The van der Waals surface area contributed by atoms with Crippen molar-refractivity contribution < 1.29 is 14.3 Å². The highest BCUT2D eigenvalue weighted by Gasteiger charge is 2.16. The number of rotatable bonds is 12. The highest BCUT2D eigenvalue weighted by Crippen LogP contribution is 2.22. The Kier molecular flexibility index (Phi) is 9.87. The summed E-state index contributed by atoms with van der Waals surface area (Å²) in [6.07, 6.45) is 4.81. The van der Waals surface area contributed by atoms with Crippen molar-refractivity contribution in [2.24, 2.45) is 0 Å². The van der Waals surface area contributed by atoms with Crippen LogP contribution in [0.4, 0.5) is 0 Å². The van der Waals surface area contributed by atoms with Crippen molar-refractivity contribution in [1.29, 1.82) is 0 Å². The van der Waals surface area contributed by atoms with Crippen LogP contribution in [0.1, 0.15) is 44.6 Å². The fourth-order valence-corrected chi connectivity index (χ4v) is 3.84. The molecule has 1 aliphatic heterocycles. The lowest BCUT2D eigenvalue weighted by molar-refractivity contribution is -0.132. The monoisotopic (exact) mass is 424 g/mol. The van der Waals surface area contributed by atoms with Crippen LogP contribution < -0.4 is 4.74 Å². The third kappa shape index (κ3) is 8.35. The van der Waals surface area contributed by atoms with Crippen LogP contribution in [0.2, 0.25) is 0 Å². The van der Waals surface area contributed by atoms with Crippen LogP contribution in [0.5, 0.6) is 11.5 Å². The molecule has 5 nitrogen and oxygen atoms in total. The molecule has 168 valence electrons. The first-order valence-corrected chi connectivity index (χ1v) is 11.6. The molecule has 31 heavy (non-hydrogen) atoms. The summed E-state index contributed by atoms with van der Waals surface area (Å²) in [7, 11) is 0. The van der Waals surface area contributed by atoms with Crippen molar-refractivity contribution >= 4 is 5.91 Å². The Morgan fingerprint density at radius 1 is 1.00 bits per heavy atom. The van der Waals surface area contributed by atoms with Crippen molar-refractivity contribution in [2.75, 3.05) is 39.4 Å². The molecule has 1 saturated heterocycles. The first-order valence-electron chi connectivity index (χ1n) is 11.6. The van der Waals surface area contributed by atoms with Gasteiger partial charge in [0.15, 0.2) is 0 Å². The Labute approximate surface area is 187 Å². The van der Waals surface area contributed by atoms with E-state index < -0.39 is 0 Å². The standard InChI is InChI=1S/C26H36N2O3/c1-2-3-5-14-26(29)28(16-9-15-27-17-19-30-20-18-27)22-23-10-8-13-25(21-23)31-24-11-6-4-7-12-24/h4,6-8,10-13,21H,2-3,5,9,14-20,22H2,1H3. The molecule has 1 fully saturated rings. The summed E-state index contributed by atoms with van der Waals surface area (Å²) in [5.74, 6) is 1.87. The van der Waals surface area contributed by atoms with Crippen LogP contribution in [0.25, 0.3) is 0 Å². The molecular formula is C26H36N2O3. The molecule has 0 radical (unpaired) electrons. The predicted molar refractivity (Wildman–Crippen MR) is 124 cm³/mol. The average molecular weight is 425 g/mol. The van der Waals surface area contributed by atoms with Crippen LogP contribution in [0.3, 0.4) is 0 Å². The van der Waals surface area contributed by atoms with E-state index in [0.29, 0.717) is 13.0 Å². The molecule has 1 amide bonds. The minimum atomic E-state index is 0.254. The molecule has 0 N–H and O–H groups in total. The van der Waals surface area contributed by atoms with Gasteiger partial charge < -0.3 is 14.4 Å². The van der Waals surface area contributed by atoms with Crippen LogP contribution in [-0.2, 0) is 16.1 Å². The highest BCUT2D eigenvalue weighted by atomic mass is 16.5. The summed E-state index contributed by atoms with van der Waals surface area (Å²) < 4.78 is 11.4. The summed E-state index contributed by atoms with van der Waals surface area (Å²) >= 11 is 0. The molecule has 0 aliphatic carbocycles. The topological polar surface area (TPSA) is 42.0 Å². The van der Waals surface area contributed by atoms with Crippen molar-refractivity contribution in [3.63, 3.8) is 0 Å². The Hall–Kier alpha value is -2.37. The van der Waals surface area contributed by atoms with Gasteiger partial charge in [0.05, 0.1) is 13.2 Å². The summed E-state index contributed by atoms with van der Waals surface area (Å²) in [6, 6.07) is 17.9. The van der Waals surface area contributed by atoms with E-state index in [1.165, 1.54) is 0 Å². The number of nitrogens with zero attached hydrogens (tertiary/aromatic N) is 2. The number of para-hydroxylation sites is 1. The van der Waals surface area contributed by atoms with Gasteiger partial charge in [0.25, 0.3) is 0 Å². The number of ether oxygens (including phenoxy) is 2. The molecule has 0 atom stereocenters. The zero-order valence-electron chi connectivity index (χ0n) is 18.8. The number of morpholine rings is 1. The minimum Gasteiger partial charge on any atom is -0.457 e.